The second kappa shape index (κ2) is 8.28. The van der Waals surface area contributed by atoms with E-state index in [1.807, 2.05) is 32.0 Å². The smallest absolute Gasteiger partial charge is 0.311 e. The Kier molecular flexibility index (Phi) is 6.11. The van der Waals surface area contributed by atoms with E-state index in [0.29, 0.717) is 18.7 Å². The first-order chi connectivity index (χ1) is 12.0. The summed E-state index contributed by atoms with van der Waals surface area (Å²) < 4.78 is 5.86. The van der Waals surface area contributed by atoms with E-state index < -0.39 is 11.0 Å². The molecule has 6 heteroatoms. The van der Waals surface area contributed by atoms with Gasteiger partial charge < -0.3 is 9.64 Å². The maximum Gasteiger partial charge on any atom is 0.311 e. The van der Waals surface area contributed by atoms with Crippen molar-refractivity contribution in [2.45, 2.75) is 26.9 Å². The van der Waals surface area contributed by atoms with E-state index in [4.69, 9.17) is 4.74 Å². The minimum absolute atomic E-state index is 0.0879. The third-order valence-electron chi connectivity index (χ3n) is 3.96. The van der Waals surface area contributed by atoms with Crippen LogP contribution in [0.4, 0.5) is 5.69 Å². The summed E-state index contributed by atoms with van der Waals surface area (Å²) in [5.74, 6) is -0.129. The van der Waals surface area contributed by atoms with Gasteiger partial charge in [-0.25, -0.2) is 0 Å². The van der Waals surface area contributed by atoms with Crippen molar-refractivity contribution >= 4 is 11.6 Å². The number of ether oxygens (including phenoxy) is 1. The number of nitrogens with zero attached hydrogens (tertiary/aromatic N) is 2. The third kappa shape index (κ3) is 4.35. The van der Waals surface area contributed by atoms with Crippen LogP contribution >= 0.6 is 0 Å². The number of aryl methyl sites for hydroxylation is 1. The van der Waals surface area contributed by atoms with Crippen molar-refractivity contribution in [3.8, 4) is 5.75 Å². The number of nitro benzene ring substituents is 1. The molecule has 132 valence electrons. The van der Waals surface area contributed by atoms with Gasteiger partial charge in [0.1, 0.15) is 0 Å². The van der Waals surface area contributed by atoms with Crippen LogP contribution in [0.3, 0.4) is 0 Å². The van der Waals surface area contributed by atoms with Crippen LogP contribution in [0.15, 0.2) is 48.5 Å². The van der Waals surface area contributed by atoms with Crippen molar-refractivity contribution in [1.82, 2.24) is 4.90 Å². The van der Waals surface area contributed by atoms with E-state index in [9.17, 15) is 14.9 Å². The lowest BCUT2D eigenvalue weighted by Crippen LogP contribution is -2.37. The Bertz CT molecular complexity index is 742. The topological polar surface area (TPSA) is 72.7 Å². The average molecular weight is 342 g/mol. The molecule has 1 unspecified atom stereocenters. The van der Waals surface area contributed by atoms with Gasteiger partial charge in [0.05, 0.1) is 4.92 Å². The lowest BCUT2D eigenvalue weighted by molar-refractivity contribution is -0.386. The predicted octanol–water partition coefficient (Wildman–Crippen LogP) is 3.89. The van der Waals surface area contributed by atoms with Crippen LogP contribution in [-0.2, 0) is 4.79 Å². The Labute approximate surface area is 147 Å². The lowest BCUT2D eigenvalue weighted by atomic mass is 10.1. The van der Waals surface area contributed by atoms with Gasteiger partial charge in [-0.2, -0.15) is 0 Å². The van der Waals surface area contributed by atoms with Crippen LogP contribution in [0, 0.1) is 17.0 Å². The van der Waals surface area contributed by atoms with Crippen molar-refractivity contribution in [3.05, 3.63) is 69.8 Å². The molecule has 1 atom stereocenters. The Morgan fingerprint density at radius 1 is 1.16 bits per heavy atom. The first-order valence-corrected chi connectivity index (χ1v) is 8.23. The summed E-state index contributed by atoms with van der Waals surface area (Å²) in [5.41, 5.74) is 1.27. The van der Waals surface area contributed by atoms with Crippen molar-refractivity contribution < 1.29 is 14.5 Å². The number of hydrogen-bond acceptors (Lipinski definition) is 4. The number of benzene rings is 2. The highest BCUT2D eigenvalue weighted by Crippen LogP contribution is 2.32. The number of carbonyl (C=O) groups is 1. The van der Waals surface area contributed by atoms with Crippen LogP contribution in [0.2, 0.25) is 0 Å². The zero-order chi connectivity index (χ0) is 18.4. The van der Waals surface area contributed by atoms with E-state index in [1.165, 1.54) is 6.07 Å². The van der Waals surface area contributed by atoms with Gasteiger partial charge in [0.2, 0.25) is 6.10 Å². The Morgan fingerprint density at radius 2 is 1.80 bits per heavy atom. The van der Waals surface area contributed by atoms with Crippen molar-refractivity contribution in [3.63, 3.8) is 0 Å². The molecule has 0 aromatic heterocycles. The second-order valence-corrected chi connectivity index (χ2v) is 5.65. The van der Waals surface area contributed by atoms with Crippen molar-refractivity contribution in [2.24, 2.45) is 0 Å². The molecule has 0 aliphatic carbocycles. The molecule has 0 saturated heterocycles. The van der Waals surface area contributed by atoms with Gasteiger partial charge in [-0.15, -0.1) is 0 Å². The molecule has 0 radical (unpaired) electrons. The van der Waals surface area contributed by atoms with Crippen molar-refractivity contribution in [2.75, 3.05) is 13.1 Å². The number of hydrogen-bond donors (Lipinski definition) is 0. The zero-order valence-electron chi connectivity index (χ0n) is 14.6. The van der Waals surface area contributed by atoms with Crippen LogP contribution in [0.5, 0.6) is 5.75 Å². The molecule has 0 heterocycles. The van der Waals surface area contributed by atoms with Gasteiger partial charge in [-0.1, -0.05) is 36.4 Å². The standard InChI is InChI=1S/C19H22N2O4/c1-4-20(5-2)19(22)18(15-9-7-6-8-10-15)25-17-12-11-14(3)13-16(17)21(23)24/h6-13,18H,4-5H2,1-3H3. The minimum atomic E-state index is -0.928. The monoisotopic (exact) mass is 342 g/mol. The van der Waals surface area contributed by atoms with Crippen LogP contribution in [-0.4, -0.2) is 28.8 Å². The molecule has 6 nitrogen and oxygen atoms in total. The quantitative estimate of drug-likeness (QED) is 0.565. The molecule has 25 heavy (non-hydrogen) atoms. The highest BCUT2D eigenvalue weighted by Gasteiger charge is 2.29. The normalized spacial score (nSPS) is 11.6. The summed E-state index contributed by atoms with van der Waals surface area (Å²) >= 11 is 0. The fourth-order valence-electron chi connectivity index (χ4n) is 2.59. The van der Waals surface area contributed by atoms with E-state index in [-0.39, 0.29) is 17.3 Å². The lowest BCUT2D eigenvalue weighted by Gasteiger charge is -2.26. The minimum Gasteiger partial charge on any atom is -0.469 e. The summed E-state index contributed by atoms with van der Waals surface area (Å²) in [4.78, 5) is 25.4. The van der Waals surface area contributed by atoms with Crippen LogP contribution < -0.4 is 4.74 Å². The molecular formula is C19H22N2O4. The molecule has 2 aromatic carbocycles. The molecule has 2 aromatic rings. The van der Waals surface area contributed by atoms with Crippen LogP contribution in [0.25, 0.3) is 0 Å². The molecule has 0 spiro atoms. The van der Waals surface area contributed by atoms with Crippen molar-refractivity contribution in [1.29, 1.82) is 0 Å². The summed E-state index contributed by atoms with van der Waals surface area (Å²) in [6.45, 7) is 6.62. The highest BCUT2D eigenvalue weighted by molar-refractivity contribution is 5.82. The zero-order valence-corrected chi connectivity index (χ0v) is 14.6. The van der Waals surface area contributed by atoms with Crippen LogP contribution in [0.1, 0.15) is 31.1 Å². The Hall–Kier alpha value is -2.89. The molecule has 0 N–H and O–H groups in total. The fraction of sp³-hybridized carbons (Fsp3) is 0.316. The Balaban J connectivity index is 2.44. The molecular weight excluding hydrogens is 320 g/mol. The predicted molar refractivity (Wildman–Crippen MR) is 95.6 cm³/mol. The SMILES string of the molecule is CCN(CC)C(=O)C(Oc1ccc(C)cc1[N+](=O)[O-])c1ccccc1. The van der Waals surface area contributed by atoms with E-state index >= 15 is 0 Å². The highest BCUT2D eigenvalue weighted by atomic mass is 16.6. The molecule has 0 aliphatic rings. The van der Waals surface area contributed by atoms with E-state index in [0.717, 1.165) is 5.56 Å². The van der Waals surface area contributed by atoms with Gasteiger partial charge in [0.15, 0.2) is 5.75 Å². The first-order valence-electron chi connectivity index (χ1n) is 8.23. The maximum atomic E-state index is 12.9. The maximum absolute atomic E-state index is 12.9. The number of rotatable bonds is 7. The summed E-state index contributed by atoms with van der Waals surface area (Å²) in [7, 11) is 0. The molecule has 2 rings (SSSR count). The van der Waals surface area contributed by atoms with Gasteiger partial charge in [-0.3, -0.25) is 14.9 Å². The number of nitro groups is 1. The largest absolute Gasteiger partial charge is 0.469 e. The number of amides is 1. The average Bonchev–Trinajstić information content (AvgIpc) is 2.62. The first kappa shape index (κ1) is 18.4. The summed E-state index contributed by atoms with van der Waals surface area (Å²) in [5, 5.41) is 11.3. The molecule has 0 bridgehead atoms. The number of likely N-dealkylation sites (N-methyl/N-ethyl adjacent to an activating group) is 1. The fourth-order valence-corrected chi connectivity index (χ4v) is 2.59. The molecule has 0 aliphatic heterocycles. The molecule has 0 fully saturated rings. The second-order valence-electron chi connectivity index (χ2n) is 5.65. The van der Waals surface area contributed by atoms with E-state index in [1.54, 1.807) is 36.1 Å². The van der Waals surface area contributed by atoms with Gasteiger partial charge in [0.25, 0.3) is 5.91 Å². The van der Waals surface area contributed by atoms with Gasteiger partial charge >= 0.3 is 5.69 Å². The summed E-state index contributed by atoms with van der Waals surface area (Å²) in [6, 6.07) is 13.7. The third-order valence-corrected chi connectivity index (χ3v) is 3.96. The molecule has 1 amide bonds. The van der Waals surface area contributed by atoms with Gasteiger partial charge in [-0.05, 0) is 32.4 Å². The van der Waals surface area contributed by atoms with E-state index in [2.05, 4.69) is 0 Å². The molecule has 0 saturated carbocycles. The Morgan fingerprint density at radius 3 is 2.36 bits per heavy atom. The number of carbonyl (C=O) groups excluding carboxylic acids is 1. The summed E-state index contributed by atoms with van der Waals surface area (Å²) in [6.07, 6.45) is -0.928. The van der Waals surface area contributed by atoms with Gasteiger partial charge in [0, 0.05) is 24.7 Å².